The molecular formula is C19H16ClN3O5S3. The number of thiophene rings is 1. The van der Waals surface area contributed by atoms with Crippen LogP contribution in [0.3, 0.4) is 0 Å². The summed E-state index contributed by atoms with van der Waals surface area (Å²) in [6.07, 6.45) is 0. The second-order valence-electron chi connectivity index (χ2n) is 6.20. The number of carbonyl (C=O) groups excluding carboxylic acids is 2. The highest BCUT2D eigenvalue weighted by Gasteiger charge is 2.19. The van der Waals surface area contributed by atoms with E-state index in [1.165, 1.54) is 35.6 Å². The third-order valence-electron chi connectivity index (χ3n) is 3.97. The van der Waals surface area contributed by atoms with Gasteiger partial charge in [-0.3, -0.25) is 14.9 Å². The molecule has 3 rings (SSSR count). The van der Waals surface area contributed by atoms with Gasteiger partial charge in [0.05, 0.1) is 17.0 Å². The molecule has 2 amide bonds. The molecule has 1 heterocycles. The van der Waals surface area contributed by atoms with Gasteiger partial charge in [0.1, 0.15) is 10.6 Å². The van der Waals surface area contributed by atoms with Gasteiger partial charge < -0.3 is 10.1 Å². The lowest BCUT2D eigenvalue weighted by atomic mass is 10.2. The minimum atomic E-state index is -3.93. The van der Waals surface area contributed by atoms with Gasteiger partial charge in [-0.2, -0.15) is 0 Å². The maximum absolute atomic E-state index is 12.6. The van der Waals surface area contributed by atoms with Gasteiger partial charge in [0.2, 0.25) is 5.91 Å². The van der Waals surface area contributed by atoms with Crippen LogP contribution >= 0.6 is 35.2 Å². The van der Waals surface area contributed by atoms with Gasteiger partial charge in [-0.1, -0.05) is 11.6 Å². The number of benzene rings is 2. The Morgan fingerprint density at radius 3 is 2.42 bits per heavy atom. The monoisotopic (exact) mass is 497 g/mol. The van der Waals surface area contributed by atoms with Crippen molar-refractivity contribution in [2.45, 2.75) is 11.8 Å². The van der Waals surface area contributed by atoms with Gasteiger partial charge in [0.25, 0.3) is 15.9 Å². The van der Waals surface area contributed by atoms with E-state index in [2.05, 4.69) is 10.6 Å². The topological polar surface area (TPSA) is 114 Å². The van der Waals surface area contributed by atoms with E-state index >= 15 is 0 Å². The Labute approximate surface area is 192 Å². The predicted octanol–water partition coefficient (Wildman–Crippen LogP) is 3.51. The van der Waals surface area contributed by atoms with Crippen LogP contribution in [0.4, 0.5) is 5.69 Å². The molecule has 0 unspecified atom stereocenters. The van der Waals surface area contributed by atoms with Crippen molar-refractivity contribution < 1.29 is 22.7 Å². The molecule has 0 fully saturated rings. The Balaban J connectivity index is 1.69. The maximum atomic E-state index is 12.6. The highest BCUT2D eigenvalue weighted by Crippen LogP contribution is 2.37. The van der Waals surface area contributed by atoms with Crippen molar-refractivity contribution in [3.05, 3.63) is 52.4 Å². The molecule has 8 nitrogen and oxygen atoms in total. The molecule has 0 aliphatic rings. The molecule has 0 aliphatic carbocycles. The van der Waals surface area contributed by atoms with Gasteiger partial charge in [0.15, 0.2) is 5.11 Å². The lowest BCUT2D eigenvalue weighted by Gasteiger charge is -2.10. The van der Waals surface area contributed by atoms with Crippen molar-refractivity contribution in [2.75, 3.05) is 12.4 Å². The smallest absolute Gasteiger partial charge is 0.269 e. The van der Waals surface area contributed by atoms with E-state index in [-0.39, 0.29) is 10.0 Å². The zero-order valence-electron chi connectivity index (χ0n) is 16.2. The lowest BCUT2D eigenvalue weighted by molar-refractivity contribution is -0.117. The summed E-state index contributed by atoms with van der Waals surface area (Å²) in [7, 11) is -2.38. The first-order chi connectivity index (χ1) is 14.6. The molecule has 0 saturated heterocycles. The third kappa shape index (κ3) is 5.31. The summed E-state index contributed by atoms with van der Waals surface area (Å²) in [5.74, 6) is -0.518. The van der Waals surface area contributed by atoms with E-state index in [1.54, 1.807) is 25.3 Å². The fraction of sp³-hybridized carbons (Fsp3) is 0.105. The predicted molar refractivity (Wildman–Crippen MR) is 125 cm³/mol. The Kier molecular flexibility index (Phi) is 6.80. The lowest BCUT2D eigenvalue weighted by Crippen LogP contribution is -2.33. The molecule has 0 saturated carbocycles. The summed E-state index contributed by atoms with van der Waals surface area (Å²) < 4.78 is 31.8. The molecule has 0 radical (unpaired) electrons. The van der Waals surface area contributed by atoms with Crippen molar-refractivity contribution in [1.29, 1.82) is 0 Å². The Morgan fingerprint density at radius 2 is 1.81 bits per heavy atom. The number of methoxy groups -OCH3 is 1. The standard InChI is InChI=1S/C19H16ClN3O5S3/c1-10(24)23-31(26,27)13-6-3-11(4-7-13)21-19(29)22-18(25)17-16(20)14-8-5-12(28-2)9-15(14)30-17/h3-9H,1-2H3,(H,23,24)(H2,21,22,25,29). The molecule has 3 N–H and O–H groups in total. The maximum Gasteiger partial charge on any atom is 0.269 e. The molecule has 31 heavy (non-hydrogen) atoms. The van der Waals surface area contributed by atoms with Gasteiger partial charge >= 0.3 is 0 Å². The fourth-order valence-corrected chi connectivity index (χ4v) is 5.25. The summed E-state index contributed by atoms with van der Waals surface area (Å²) in [5.41, 5.74) is 0.444. The van der Waals surface area contributed by atoms with Crippen LogP contribution in [0.25, 0.3) is 10.1 Å². The van der Waals surface area contributed by atoms with E-state index in [4.69, 9.17) is 28.6 Å². The minimum Gasteiger partial charge on any atom is -0.497 e. The molecule has 0 bridgehead atoms. The number of rotatable bonds is 5. The van der Waals surface area contributed by atoms with E-state index in [1.807, 2.05) is 4.72 Å². The van der Waals surface area contributed by atoms with E-state index < -0.39 is 21.8 Å². The number of nitrogens with one attached hydrogen (secondary N) is 3. The van der Waals surface area contributed by atoms with Crippen LogP contribution < -0.4 is 20.1 Å². The van der Waals surface area contributed by atoms with Crippen LogP contribution in [0.5, 0.6) is 5.75 Å². The van der Waals surface area contributed by atoms with Crippen LogP contribution in [0.1, 0.15) is 16.6 Å². The second-order valence-corrected chi connectivity index (χ2v) is 9.72. The van der Waals surface area contributed by atoms with Crippen LogP contribution in [0.2, 0.25) is 5.02 Å². The molecule has 2 aromatic carbocycles. The zero-order valence-corrected chi connectivity index (χ0v) is 19.4. The van der Waals surface area contributed by atoms with E-state index in [0.717, 1.165) is 17.0 Å². The Bertz CT molecular complexity index is 1290. The first-order valence-corrected chi connectivity index (χ1v) is 11.7. The summed E-state index contributed by atoms with van der Waals surface area (Å²) >= 11 is 12.7. The first-order valence-electron chi connectivity index (χ1n) is 8.62. The van der Waals surface area contributed by atoms with Crippen LogP contribution in [0, 0.1) is 0 Å². The van der Waals surface area contributed by atoms with Crippen LogP contribution in [-0.2, 0) is 14.8 Å². The SMILES string of the molecule is COc1ccc2c(Cl)c(C(=O)NC(=S)Nc3ccc(S(=O)(=O)NC(C)=O)cc3)sc2c1. The molecule has 1 aromatic heterocycles. The fourth-order valence-electron chi connectivity index (χ4n) is 2.61. The highest BCUT2D eigenvalue weighted by molar-refractivity contribution is 7.90. The average molecular weight is 498 g/mol. The van der Waals surface area contributed by atoms with Gasteiger partial charge in [0, 0.05) is 22.7 Å². The van der Waals surface area contributed by atoms with Gasteiger partial charge in [-0.05, 0) is 54.7 Å². The molecule has 0 spiro atoms. The number of sulfonamides is 1. The number of anilines is 1. The number of amides is 2. The zero-order chi connectivity index (χ0) is 22.8. The number of carbonyl (C=O) groups is 2. The van der Waals surface area contributed by atoms with E-state index in [9.17, 15) is 18.0 Å². The summed E-state index contributed by atoms with van der Waals surface area (Å²) in [5, 5.41) is 6.39. The minimum absolute atomic E-state index is 0.00794. The van der Waals surface area contributed by atoms with Crippen molar-refractivity contribution >= 4 is 77.9 Å². The number of thiocarbonyl (C=S) groups is 1. The average Bonchev–Trinajstić information content (AvgIpc) is 3.03. The Morgan fingerprint density at radius 1 is 1.13 bits per heavy atom. The number of halogens is 1. The first kappa shape index (κ1) is 22.9. The number of hydrogen-bond acceptors (Lipinski definition) is 7. The molecule has 12 heteroatoms. The molecule has 162 valence electrons. The van der Waals surface area contributed by atoms with Crippen LogP contribution in [-0.4, -0.2) is 32.5 Å². The number of fused-ring (bicyclic) bond motifs is 1. The van der Waals surface area contributed by atoms with Crippen LogP contribution in [0.15, 0.2) is 47.4 Å². The molecule has 0 aliphatic heterocycles. The second kappa shape index (κ2) is 9.18. The summed E-state index contributed by atoms with van der Waals surface area (Å²) in [4.78, 5) is 23.8. The molecule has 3 aromatic rings. The van der Waals surface area contributed by atoms with Crippen molar-refractivity contribution in [2.24, 2.45) is 0 Å². The Hall–Kier alpha value is -2.73. The largest absolute Gasteiger partial charge is 0.497 e. The quantitative estimate of drug-likeness (QED) is 0.462. The van der Waals surface area contributed by atoms with Gasteiger partial charge in [-0.25, -0.2) is 13.1 Å². The van der Waals surface area contributed by atoms with E-state index in [0.29, 0.717) is 21.3 Å². The number of ether oxygens (including phenoxy) is 1. The molecular weight excluding hydrogens is 482 g/mol. The normalized spacial score (nSPS) is 11.1. The highest BCUT2D eigenvalue weighted by atomic mass is 35.5. The van der Waals surface area contributed by atoms with Gasteiger partial charge in [-0.15, -0.1) is 11.3 Å². The van der Waals surface area contributed by atoms with Crippen molar-refractivity contribution in [3.8, 4) is 5.75 Å². The summed E-state index contributed by atoms with van der Waals surface area (Å²) in [6.45, 7) is 1.11. The third-order valence-corrected chi connectivity index (χ3v) is 7.28. The summed E-state index contributed by atoms with van der Waals surface area (Å²) in [6, 6.07) is 10.8. The van der Waals surface area contributed by atoms with Crippen molar-refractivity contribution in [3.63, 3.8) is 0 Å². The number of hydrogen-bond donors (Lipinski definition) is 3. The molecule has 0 atom stereocenters. The van der Waals surface area contributed by atoms with Crippen molar-refractivity contribution in [1.82, 2.24) is 10.0 Å².